The van der Waals surface area contributed by atoms with Gasteiger partial charge < -0.3 is 25.0 Å². The highest BCUT2D eigenvalue weighted by atomic mass is 19.3. The van der Waals surface area contributed by atoms with Crippen molar-refractivity contribution in [3.63, 3.8) is 0 Å². The second-order valence-corrected chi connectivity index (χ2v) is 7.97. The van der Waals surface area contributed by atoms with Crippen LogP contribution in [0.1, 0.15) is 35.1 Å². The Kier molecular flexibility index (Phi) is 7.40. The van der Waals surface area contributed by atoms with Crippen LogP contribution >= 0.6 is 0 Å². The number of para-hydroxylation sites is 1. The van der Waals surface area contributed by atoms with Gasteiger partial charge in [-0.2, -0.15) is 8.78 Å². The van der Waals surface area contributed by atoms with Gasteiger partial charge in [0.2, 0.25) is 0 Å². The molecule has 0 radical (unpaired) electrons. The Morgan fingerprint density at radius 1 is 0.912 bits per heavy atom. The number of carbonyl (C=O) groups excluding carboxylic acids is 1. The van der Waals surface area contributed by atoms with E-state index in [1.165, 1.54) is 18.2 Å². The number of rotatable bonds is 9. The normalized spacial score (nSPS) is 14.3. The standard InChI is InChI=1S/C26H25F2NO5/c27-25(28)34-23-12-6-5-11-20(23)24(31)22(30)13-14-29-26(32)33-15-21-18-9-3-1-7-16(18)17-8-2-4-10-19(17)21/h1-12,21-22,24-25,30-31H,13-15H2,(H,29,32). The maximum Gasteiger partial charge on any atom is 0.407 e. The number of amides is 1. The maximum atomic E-state index is 12.6. The van der Waals surface area contributed by atoms with Crippen molar-refractivity contribution in [2.45, 2.75) is 31.2 Å². The fourth-order valence-electron chi connectivity index (χ4n) is 4.26. The Morgan fingerprint density at radius 2 is 1.50 bits per heavy atom. The van der Waals surface area contributed by atoms with Crippen molar-refractivity contribution in [3.05, 3.63) is 89.5 Å². The quantitative estimate of drug-likeness (QED) is 0.426. The van der Waals surface area contributed by atoms with Gasteiger partial charge in [-0.15, -0.1) is 0 Å². The van der Waals surface area contributed by atoms with Crippen LogP contribution in [0.4, 0.5) is 13.6 Å². The van der Waals surface area contributed by atoms with Gasteiger partial charge in [0.05, 0.1) is 6.10 Å². The van der Waals surface area contributed by atoms with Crippen LogP contribution in [0.5, 0.6) is 5.75 Å². The van der Waals surface area contributed by atoms with E-state index in [1.807, 2.05) is 48.5 Å². The van der Waals surface area contributed by atoms with Crippen molar-refractivity contribution in [2.75, 3.05) is 13.2 Å². The van der Waals surface area contributed by atoms with Crippen molar-refractivity contribution in [2.24, 2.45) is 0 Å². The van der Waals surface area contributed by atoms with Crippen molar-refractivity contribution < 1.29 is 33.3 Å². The lowest BCUT2D eigenvalue weighted by molar-refractivity contribution is -0.0540. The first kappa shape index (κ1) is 23.7. The molecule has 0 fully saturated rings. The third-order valence-corrected chi connectivity index (χ3v) is 5.87. The van der Waals surface area contributed by atoms with E-state index in [2.05, 4.69) is 10.1 Å². The molecule has 0 saturated carbocycles. The number of fused-ring (bicyclic) bond motifs is 3. The zero-order valence-electron chi connectivity index (χ0n) is 18.2. The number of alkyl halides is 2. The summed E-state index contributed by atoms with van der Waals surface area (Å²) >= 11 is 0. The molecule has 8 heteroatoms. The molecule has 34 heavy (non-hydrogen) atoms. The fourth-order valence-corrected chi connectivity index (χ4v) is 4.26. The van der Waals surface area contributed by atoms with Crippen LogP contribution in [0.3, 0.4) is 0 Å². The number of hydrogen-bond donors (Lipinski definition) is 3. The highest BCUT2D eigenvalue weighted by Gasteiger charge is 2.29. The van der Waals surface area contributed by atoms with E-state index in [4.69, 9.17) is 4.74 Å². The lowest BCUT2D eigenvalue weighted by atomic mass is 9.98. The molecule has 0 spiro atoms. The Bertz CT molecular complexity index is 1090. The number of alkyl carbamates (subject to hydrolysis) is 1. The second kappa shape index (κ2) is 10.6. The van der Waals surface area contributed by atoms with Gasteiger partial charge in [0.15, 0.2) is 0 Å². The van der Waals surface area contributed by atoms with E-state index < -0.39 is 24.9 Å². The minimum atomic E-state index is -3.05. The SMILES string of the molecule is O=C(NCCC(O)C(O)c1ccccc1OC(F)F)OCC1c2ccccc2-c2ccccc21. The minimum absolute atomic E-state index is 0.0195. The minimum Gasteiger partial charge on any atom is -0.449 e. The first-order valence-corrected chi connectivity index (χ1v) is 10.9. The molecule has 0 aliphatic heterocycles. The molecule has 3 aromatic carbocycles. The van der Waals surface area contributed by atoms with Crippen LogP contribution in [0.15, 0.2) is 72.8 Å². The monoisotopic (exact) mass is 469 g/mol. The summed E-state index contributed by atoms with van der Waals surface area (Å²) in [5, 5.41) is 23.2. The van der Waals surface area contributed by atoms with Crippen LogP contribution in [0, 0.1) is 0 Å². The van der Waals surface area contributed by atoms with Crippen molar-refractivity contribution in [3.8, 4) is 16.9 Å². The highest BCUT2D eigenvalue weighted by Crippen LogP contribution is 2.44. The predicted molar refractivity (Wildman–Crippen MR) is 122 cm³/mol. The van der Waals surface area contributed by atoms with E-state index in [1.54, 1.807) is 6.07 Å². The lowest BCUT2D eigenvalue weighted by Gasteiger charge is -2.21. The summed E-state index contributed by atoms with van der Waals surface area (Å²) in [4.78, 5) is 12.2. The number of carbonyl (C=O) groups is 1. The molecule has 0 saturated heterocycles. The van der Waals surface area contributed by atoms with Crippen molar-refractivity contribution >= 4 is 6.09 Å². The molecule has 2 atom stereocenters. The first-order chi connectivity index (χ1) is 16.5. The summed E-state index contributed by atoms with van der Waals surface area (Å²) in [6, 6.07) is 21.7. The Labute approximate surface area is 195 Å². The number of benzene rings is 3. The van der Waals surface area contributed by atoms with Gasteiger partial charge >= 0.3 is 12.7 Å². The summed E-state index contributed by atoms with van der Waals surface area (Å²) in [5.41, 5.74) is 4.48. The van der Waals surface area contributed by atoms with Crippen LogP contribution in [0.25, 0.3) is 11.1 Å². The van der Waals surface area contributed by atoms with Crippen LogP contribution in [-0.2, 0) is 4.74 Å². The average Bonchev–Trinajstić information content (AvgIpc) is 3.16. The smallest absolute Gasteiger partial charge is 0.407 e. The second-order valence-electron chi connectivity index (χ2n) is 7.97. The summed E-state index contributed by atoms with van der Waals surface area (Å²) in [7, 11) is 0. The molecule has 1 amide bonds. The topological polar surface area (TPSA) is 88.0 Å². The number of aliphatic hydroxyl groups is 2. The molecule has 3 N–H and O–H groups in total. The number of nitrogens with one attached hydrogen (secondary N) is 1. The molecular formula is C26H25F2NO5. The molecule has 1 aliphatic carbocycles. The number of aliphatic hydroxyl groups excluding tert-OH is 2. The molecule has 0 aromatic heterocycles. The largest absolute Gasteiger partial charge is 0.449 e. The van der Waals surface area contributed by atoms with Gasteiger partial charge in [0.25, 0.3) is 0 Å². The number of hydrogen-bond acceptors (Lipinski definition) is 5. The Morgan fingerprint density at radius 3 is 2.15 bits per heavy atom. The molecular weight excluding hydrogens is 444 g/mol. The Balaban J connectivity index is 1.28. The van der Waals surface area contributed by atoms with Gasteiger partial charge in [-0.1, -0.05) is 66.7 Å². The molecule has 2 unspecified atom stereocenters. The predicted octanol–water partition coefficient (Wildman–Crippen LogP) is 4.61. The van der Waals surface area contributed by atoms with Crippen LogP contribution < -0.4 is 10.1 Å². The van der Waals surface area contributed by atoms with Gasteiger partial charge in [-0.3, -0.25) is 0 Å². The first-order valence-electron chi connectivity index (χ1n) is 10.9. The molecule has 0 heterocycles. The molecule has 4 rings (SSSR count). The highest BCUT2D eigenvalue weighted by molar-refractivity contribution is 5.79. The fraction of sp³-hybridized carbons (Fsp3) is 0.269. The zero-order chi connectivity index (χ0) is 24.1. The summed E-state index contributed by atoms with van der Waals surface area (Å²) < 4.78 is 35.0. The van der Waals surface area contributed by atoms with Crippen LogP contribution in [-0.4, -0.2) is 42.2 Å². The van der Waals surface area contributed by atoms with Crippen molar-refractivity contribution in [1.29, 1.82) is 0 Å². The summed E-state index contributed by atoms with van der Waals surface area (Å²) in [6.45, 7) is -2.88. The van der Waals surface area contributed by atoms with E-state index >= 15 is 0 Å². The van der Waals surface area contributed by atoms with Gasteiger partial charge in [0, 0.05) is 18.0 Å². The number of ether oxygens (including phenoxy) is 2. The van der Waals surface area contributed by atoms with E-state index in [-0.39, 0.29) is 36.8 Å². The molecule has 3 aromatic rings. The summed E-state index contributed by atoms with van der Waals surface area (Å²) in [6.07, 6.45) is -3.44. The zero-order valence-corrected chi connectivity index (χ0v) is 18.2. The molecule has 0 bridgehead atoms. The molecule has 6 nitrogen and oxygen atoms in total. The van der Waals surface area contributed by atoms with Gasteiger partial charge in [-0.05, 0) is 34.7 Å². The molecule has 1 aliphatic rings. The van der Waals surface area contributed by atoms with E-state index in [9.17, 15) is 23.8 Å². The molecule has 178 valence electrons. The van der Waals surface area contributed by atoms with Crippen molar-refractivity contribution in [1.82, 2.24) is 5.32 Å². The van der Waals surface area contributed by atoms with E-state index in [0.717, 1.165) is 22.3 Å². The third-order valence-electron chi connectivity index (χ3n) is 5.87. The van der Waals surface area contributed by atoms with Gasteiger partial charge in [-0.25, -0.2) is 4.79 Å². The Hall–Kier alpha value is -3.49. The summed E-state index contributed by atoms with van der Waals surface area (Å²) in [5.74, 6) is -0.287. The average molecular weight is 469 g/mol. The maximum absolute atomic E-state index is 12.6. The number of halogens is 2. The lowest BCUT2D eigenvalue weighted by Crippen LogP contribution is -2.30. The van der Waals surface area contributed by atoms with E-state index in [0.29, 0.717) is 0 Å². The van der Waals surface area contributed by atoms with Crippen LogP contribution in [0.2, 0.25) is 0 Å². The third kappa shape index (κ3) is 5.18. The van der Waals surface area contributed by atoms with Gasteiger partial charge in [0.1, 0.15) is 18.5 Å².